The number of allylic oxidation sites excluding steroid dienone is 2. The van der Waals surface area contributed by atoms with Gasteiger partial charge in [0.2, 0.25) is 0 Å². The van der Waals surface area contributed by atoms with Crippen LogP contribution in [0.1, 0.15) is 18.2 Å². The van der Waals surface area contributed by atoms with Crippen molar-refractivity contribution in [1.82, 2.24) is 25.0 Å². The van der Waals surface area contributed by atoms with Crippen LogP contribution in [0.15, 0.2) is 78.5 Å². The van der Waals surface area contributed by atoms with Crippen molar-refractivity contribution in [1.29, 1.82) is 10.7 Å². The molecular weight excluding hydrogens is 483 g/mol. The third kappa shape index (κ3) is 5.30. The minimum absolute atomic E-state index is 0.0915. The molecule has 186 valence electrons. The Labute approximate surface area is 209 Å². The molecule has 4 aromatic rings. The zero-order valence-corrected chi connectivity index (χ0v) is 19.5. The smallest absolute Gasteiger partial charge is 0.354 e. The molecule has 0 fully saturated rings. The molecule has 0 saturated carbocycles. The van der Waals surface area contributed by atoms with E-state index in [4.69, 9.17) is 5.41 Å². The Kier molecular flexibility index (Phi) is 6.97. The largest absolute Gasteiger partial charge is 0.431 e. The Bertz CT molecular complexity index is 1560. The van der Waals surface area contributed by atoms with E-state index < -0.39 is 17.4 Å². The summed E-state index contributed by atoms with van der Waals surface area (Å²) >= 11 is 0. The normalized spacial score (nSPS) is 12.0. The molecular formula is C25H20F3N9. The van der Waals surface area contributed by atoms with Crippen molar-refractivity contribution in [3.05, 3.63) is 89.8 Å². The zero-order valence-electron chi connectivity index (χ0n) is 19.5. The molecule has 3 heterocycles. The van der Waals surface area contributed by atoms with Crippen LogP contribution >= 0.6 is 0 Å². The van der Waals surface area contributed by atoms with Gasteiger partial charge in [-0.3, -0.25) is 4.98 Å². The van der Waals surface area contributed by atoms with Gasteiger partial charge in [-0.25, -0.2) is 4.98 Å². The van der Waals surface area contributed by atoms with Gasteiger partial charge in [0.1, 0.15) is 17.3 Å². The van der Waals surface area contributed by atoms with Crippen LogP contribution in [0.2, 0.25) is 0 Å². The Morgan fingerprint density at radius 1 is 1.19 bits per heavy atom. The molecule has 9 nitrogen and oxygen atoms in total. The van der Waals surface area contributed by atoms with Crippen LogP contribution in [-0.2, 0) is 6.42 Å². The SMILES string of the molecule is C=C(Nc1cnc(-n2ncc(CC)n2)c(C#N)c1)/C(C=N)=C(/Nc1cccc2ncccc12)C(F)(F)F. The second kappa shape index (κ2) is 10.3. The van der Waals surface area contributed by atoms with Crippen molar-refractivity contribution in [2.24, 2.45) is 0 Å². The highest BCUT2D eigenvalue weighted by atomic mass is 19.4. The maximum Gasteiger partial charge on any atom is 0.431 e. The molecule has 0 atom stereocenters. The Morgan fingerprint density at radius 3 is 2.68 bits per heavy atom. The number of nitrogens with one attached hydrogen (secondary N) is 3. The van der Waals surface area contributed by atoms with E-state index in [1.165, 1.54) is 23.1 Å². The molecule has 0 aliphatic carbocycles. The quantitative estimate of drug-likeness (QED) is 0.224. The van der Waals surface area contributed by atoms with Crippen LogP contribution in [0.3, 0.4) is 0 Å². The topological polar surface area (TPSA) is 128 Å². The second-order valence-electron chi connectivity index (χ2n) is 7.72. The van der Waals surface area contributed by atoms with Gasteiger partial charge in [-0.05, 0) is 36.8 Å². The molecule has 0 radical (unpaired) electrons. The summed E-state index contributed by atoms with van der Waals surface area (Å²) in [6, 6.07) is 11.4. The van der Waals surface area contributed by atoms with Crippen LogP contribution in [-0.4, -0.2) is 37.4 Å². The van der Waals surface area contributed by atoms with Gasteiger partial charge in [0, 0.05) is 34.8 Å². The summed E-state index contributed by atoms with van der Waals surface area (Å²) in [6.07, 6.45) is 0.767. The van der Waals surface area contributed by atoms with Crippen molar-refractivity contribution in [3.63, 3.8) is 0 Å². The average molecular weight is 503 g/mol. The van der Waals surface area contributed by atoms with Gasteiger partial charge >= 0.3 is 6.18 Å². The number of anilines is 2. The van der Waals surface area contributed by atoms with Gasteiger partial charge < -0.3 is 16.0 Å². The number of hydrogen-bond donors (Lipinski definition) is 3. The lowest BCUT2D eigenvalue weighted by Crippen LogP contribution is -2.24. The van der Waals surface area contributed by atoms with Gasteiger partial charge in [-0.1, -0.05) is 19.6 Å². The van der Waals surface area contributed by atoms with Crippen molar-refractivity contribution in [2.45, 2.75) is 19.5 Å². The second-order valence-corrected chi connectivity index (χ2v) is 7.72. The monoisotopic (exact) mass is 503 g/mol. The Balaban J connectivity index is 1.68. The number of aryl methyl sites for hydroxylation is 1. The molecule has 37 heavy (non-hydrogen) atoms. The molecule has 0 amide bonds. The third-order valence-corrected chi connectivity index (χ3v) is 5.30. The fraction of sp³-hybridized carbons (Fsp3) is 0.120. The molecule has 0 aliphatic rings. The predicted molar refractivity (Wildman–Crippen MR) is 133 cm³/mol. The summed E-state index contributed by atoms with van der Waals surface area (Å²) in [5.41, 5.74) is -0.270. The minimum Gasteiger partial charge on any atom is -0.354 e. The molecule has 4 rings (SSSR count). The molecule has 0 spiro atoms. The highest BCUT2D eigenvalue weighted by Crippen LogP contribution is 2.33. The summed E-state index contributed by atoms with van der Waals surface area (Å²) in [7, 11) is 0. The van der Waals surface area contributed by atoms with Crippen LogP contribution in [0, 0.1) is 16.7 Å². The minimum atomic E-state index is -4.84. The number of hydrogen-bond acceptors (Lipinski definition) is 8. The van der Waals surface area contributed by atoms with E-state index >= 15 is 0 Å². The fourth-order valence-electron chi connectivity index (χ4n) is 3.52. The molecule has 3 N–H and O–H groups in total. The predicted octanol–water partition coefficient (Wildman–Crippen LogP) is 5.15. The van der Waals surface area contributed by atoms with Crippen molar-refractivity contribution in [3.8, 4) is 11.9 Å². The Hall–Kier alpha value is -5.05. The summed E-state index contributed by atoms with van der Waals surface area (Å²) in [5.74, 6) is 0.170. The first-order chi connectivity index (χ1) is 17.7. The van der Waals surface area contributed by atoms with E-state index in [0.717, 1.165) is 0 Å². The average Bonchev–Trinajstić information content (AvgIpc) is 3.37. The first kappa shape index (κ1) is 25.1. The highest BCUT2D eigenvalue weighted by molar-refractivity contribution is 5.93. The number of alkyl halides is 3. The first-order valence-electron chi connectivity index (χ1n) is 11.0. The van der Waals surface area contributed by atoms with E-state index in [1.54, 1.807) is 36.7 Å². The number of nitrogens with zero attached hydrogens (tertiary/aromatic N) is 6. The lowest BCUT2D eigenvalue weighted by atomic mass is 10.1. The molecule has 0 saturated heterocycles. The van der Waals surface area contributed by atoms with Gasteiger partial charge in [-0.2, -0.15) is 28.6 Å². The highest BCUT2D eigenvalue weighted by Gasteiger charge is 2.37. The lowest BCUT2D eigenvalue weighted by molar-refractivity contribution is -0.0906. The number of rotatable bonds is 8. The van der Waals surface area contributed by atoms with E-state index in [1.807, 2.05) is 13.0 Å². The molecule has 0 bridgehead atoms. The summed E-state index contributed by atoms with van der Waals surface area (Å²) in [5, 5.41) is 31.2. The first-order valence-corrected chi connectivity index (χ1v) is 11.0. The number of nitriles is 1. The van der Waals surface area contributed by atoms with Crippen molar-refractivity contribution < 1.29 is 13.2 Å². The van der Waals surface area contributed by atoms with Crippen molar-refractivity contribution in [2.75, 3.05) is 10.6 Å². The molecule has 3 aromatic heterocycles. The number of halogens is 3. The van der Waals surface area contributed by atoms with Gasteiger partial charge in [-0.15, -0.1) is 4.80 Å². The molecule has 0 unspecified atom stereocenters. The van der Waals surface area contributed by atoms with Gasteiger partial charge in [0.15, 0.2) is 5.82 Å². The zero-order chi connectivity index (χ0) is 26.6. The molecule has 0 aliphatic heterocycles. The van der Waals surface area contributed by atoms with E-state index in [2.05, 4.69) is 37.4 Å². The standard InChI is InChI=1S/C25H20F3N9/c1-3-17-14-33-37(36-17)24-16(11-29)10-18(13-32-24)34-15(2)20(12-30)23(25(26,27)28)35-22-8-4-7-21-19(22)6-5-9-31-21/h4-10,12-14,30,34-35H,2-3H2,1H3/b23-20+,30-12?. The Morgan fingerprint density at radius 2 is 2.00 bits per heavy atom. The number of benzene rings is 1. The summed E-state index contributed by atoms with van der Waals surface area (Å²) in [6.45, 7) is 5.60. The molecule has 12 heteroatoms. The fourth-order valence-corrected chi connectivity index (χ4v) is 3.52. The lowest BCUT2D eigenvalue weighted by Gasteiger charge is -2.20. The van der Waals surface area contributed by atoms with Crippen LogP contribution in [0.4, 0.5) is 24.5 Å². The van der Waals surface area contributed by atoms with E-state index in [0.29, 0.717) is 29.2 Å². The van der Waals surface area contributed by atoms with E-state index in [9.17, 15) is 18.4 Å². The van der Waals surface area contributed by atoms with Crippen LogP contribution < -0.4 is 10.6 Å². The number of pyridine rings is 2. The van der Waals surface area contributed by atoms with Gasteiger partial charge in [0.05, 0.1) is 29.3 Å². The van der Waals surface area contributed by atoms with Gasteiger partial charge in [0.25, 0.3) is 0 Å². The number of fused-ring (bicyclic) bond motifs is 1. The number of aromatic nitrogens is 5. The molecule has 1 aromatic carbocycles. The third-order valence-electron chi connectivity index (χ3n) is 5.30. The van der Waals surface area contributed by atoms with Crippen LogP contribution in [0.25, 0.3) is 16.7 Å². The van der Waals surface area contributed by atoms with E-state index in [-0.39, 0.29) is 28.5 Å². The van der Waals surface area contributed by atoms with Crippen molar-refractivity contribution >= 4 is 28.5 Å². The summed E-state index contributed by atoms with van der Waals surface area (Å²) < 4.78 is 42.5. The maximum absolute atomic E-state index is 14.2. The summed E-state index contributed by atoms with van der Waals surface area (Å²) in [4.78, 5) is 9.57. The van der Waals surface area contributed by atoms with Crippen LogP contribution in [0.5, 0.6) is 0 Å². The maximum atomic E-state index is 14.2.